The number of aromatic hydroxyl groups is 1. The Hall–Kier alpha value is -2.62. The predicted octanol–water partition coefficient (Wildman–Crippen LogP) is 3.20. The molecule has 0 atom stereocenters. The van der Waals surface area contributed by atoms with Crippen molar-refractivity contribution in [1.82, 2.24) is 9.38 Å². The number of carbonyl (C=O) groups is 1. The normalized spacial score (nSPS) is 11.0. The van der Waals surface area contributed by atoms with Crippen molar-refractivity contribution >= 4 is 11.4 Å². The predicted molar refractivity (Wildman–Crippen MR) is 80.9 cm³/mol. The quantitative estimate of drug-likeness (QED) is 0.733. The van der Waals surface area contributed by atoms with E-state index in [9.17, 15) is 9.90 Å². The van der Waals surface area contributed by atoms with Gasteiger partial charge in [-0.25, -0.2) is 4.98 Å². The molecule has 106 valence electrons. The van der Waals surface area contributed by atoms with Gasteiger partial charge in [0.05, 0.1) is 11.8 Å². The first-order valence-electron chi connectivity index (χ1n) is 6.77. The molecule has 1 N–H and O–H groups in total. The summed E-state index contributed by atoms with van der Waals surface area (Å²) in [4.78, 5) is 17.0. The van der Waals surface area contributed by atoms with Crippen molar-refractivity contribution in [3.05, 3.63) is 64.6 Å². The Morgan fingerprint density at radius 2 is 1.90 bits per heavy atom. The Balaban J connectivity index is 2.19. The summed E-state index contributed by atoms with van der Waals surface area (Å²) in [6.07, 6.45) is 3.40. The molecule has 2 heterocycles. The zero-order valence-electron chi connectivity index (χ0n) is 12.2. The smallest absolute Gasteiger partial charge is 0.215 e. The van der Waals surface area contributed by atoms with Crippen molar-refractivity contribution in [3.63, 3.8) is 0 Å². The number of phenolic OH excluding ortho intramolecular Hbond substituents is 1. The van der Waals surface area contributed by atoms with Gasteiger partial charge in [0.1, 0.15) is 17.1 Å². The molecule has 0 fully saturated rings. The number of hydrogen-bond acceptors (Lipinski definition) is 3. The number of rotatable bonds is 2. The SMILES string of the molecule is Cc1cccc(C(=O)c2cnc3c(C)c(C)ccn23)c1O. The van der Waals surface area contributed by atoms with Gasteiger partial charge in [0, 0.05) is 6.20 Å². The third kappa shape index (κ3) is 2.00. The largest absolute Gasteiger partial charge is 0.507 e. The maximum Gasteiger partial charge on any atom is 0.215 e. The van der Waals surface area contributed by atoms with E-state index in [0.29, 0.717) is 16.8 Å². The molecule has 0 aliphatic rings. The molecular formula is C17H16N2O2. The molecule has 0 spiro atoms. The number of carbonyl (C=O) groups excluding carboxylic acids is 1. The highest BCUT2D eigenvalue weighted by Gasteiger charge is 2.19. The Kier molecular flexibility index (Phi) is 3.01. The van der Waals surface area contributed by atoms with Gasteiger partial charge in [-0.15, -0.1) is 0 Å². The van der Waals surface area contributed by atoms with E-state index in [1.165, 1.54) is 0 Å². The maximum atomic E-state index is 12.7. The third-order valence-corrected chi connectivity index (χ3v) is 3.91. The average Bonchev–Trinajstić information content (AvgIpc) is 2.90. The van der Waals surface area contributed by atoms with E-state index in [0.717, 1.165) is 16.8 Å². The van der Waals surface area contributed by atoms with Crippen molar-refractivity contribution in [2.24, 2.45) is 0 Å². The standard InChI is InChI=1S/C17H16N2O2/c1-10-7-8-19-14(9-18-17(19)12(10)3)16(21)13-6-4-5-11(2)15(13)20/h4-9,20H,1-3H3. The van der Waals surface area contributed by atoms with E-state index < -0.39 is 0 Å². The minimum atomic E-state index is -0.230. The zero-order chi connectivity index (χ0) is 15.1. The Morgan fingerprint density at radius 1 is 1.14 bits per heavy atom. The summed E-state index contributed by atoms with van der Waals surface area (Å²) in [5.74, 6) is -0.201. The van der Waals surface area contributed by atoms with Crippen LogP contribution < -0.4 is 0 Å². The fourth-order valence-electron chi connectivity index (χ4n) is 2.43. The number of phenols is 1. The van der Waals surface area contributed by atoms with Gasteiger partial charge >= 0.3 is 0 Å². The number of fused-ring (bicyclic) bond motifs is 1. The second kappa shape index (κ2) is 4.74. The van der Waals surface area contributed by atoms with Crippen molar-refractivity contribution < 1.29 is 9.90 Å². The molecule has 0 bridgehead atoms. The lowest BCUT2D eigenvalue weighted by atomic mass is 10.0. The van der Waals surface area contributed by atoms with Crippen LogP contribution in [0.4, 0.5) is 0 Å². The molecule has 2 aromatic heterocycles. The number of aryl methyl sites for hydroxylation is 3. The molecule has 1 aromatic carbocycles. The van der Waals surface area contributed by atoms with Crippen LogP contribution in [0.15, 0.2) is 36.7 Å². The highest BCUT2D eigenvalue weighted by atomic mass is 16.3. The number of ketones is 1. The first-order valence-corrected chi connectivity index (χ1v) is 6.77. The van der Waals surface area contributed by atoms with Gasteiger partial charge in [0.15, 0.2) is 0 Å². The molecule has 3 aromatic rings. The van der Waals surface area contributed by atoms with Gasteiger partial charge in [-0.05, 0) is 49.6 Å². The van der Waals surface area contributed by atoms with Gasteiger partial charge in [-0.1, -0.05) is 12.1 Å². The third-order valence-electron chi connectivity index (χ3n) is 3.91. The van der Waals surface area contributed by atoms with E-state index in [1.54, 1.807) is 35.7 Å². The van der Waals surface area contributed by atoms with E-state index in [4.69, 9.17) is 0 Å². The fourth-order valence-corrected chi connectivity index (χ4v) is 2.43. The monoisotopic (exact) mass is 280 g/mol. The summed E-state index contributed by atoms with van der Waals surface area (Å²) in [6, 6.07) is 7.12. The Labute approximate surface area is 122 Å². The molecule has 0 aliphatic carbocycles. The number of imidazole rings is 1. The van der Waals surface area contributed by atoms with Crippen LogP contribution in [0, 0.1) is 20.8 Å². The number of para-hydroxylation sites is 1. The van der Waals surface area contributed by atoms with E-state index in [1.807, 2.05) is 26.1 Å². The molecule has 0 unspecified atom stereocenters. The van der Waals surface area contributed by atoms with E-state index in [-0.39, 0.29) is 11.5 Å². The number of pyridine rings is 1. The lowest BCUT2D eigenvalue weighted by molar-refractivity contribution is 0.103. The minimum Gasteiger partial charge on any atom is -0.507 e. The second-order valence-corrected chi connectivity index (χ2v) is 5.26. The highest BCUT2D eigenvalue weighted by molar-refractivity contribution is 6.10. The molecule has 0 saturated carbocycles. The summed E-state index contributed by atoms with van der Waals surface area (Å²) < 4.78 is 1.77. The number of nitrogens with zero attached hydrogens (tertiary/aromatic N) is 2. The van der Waals surface area contributed by atoms with E-state index in [2.05, 4.69) is 4.98 Å². The van der Waals surface area contributed by atoms with Gasteiger partial charge in [-0.3, -0.25) is 9.20 Å². The van der Waals surface area contributed by atoms with Crippen LogP contribution in [-0.4, -0.2) is 20.3 Å². The van der Waals surface area contributed by atoms with Gasteiger partial charge in [0.25, 0.3) is 0 Å². The average molecular weight is 280 g/mol. The van der Waals surface area contributed by atoms with Gasteiger partial charge in [0.2, 0.25) is 5.78 Å². The van der Waals surface area contributed by atoms with Gasteiger partial charge in [-0.2, -0.15) is 0 Å². The fraction of sp³-hybridized carbons (Fsp3) is 0.176. The molecule has 0 amide bonds. The van der Waals surface area contributed by atoms with Crippen molar-refractivity contribution in [2.45, 2.75) is 20.8 Å². The number of benzene rings is 1. The summed E-state index contributed by atoms with van der Waals surface area (Å²) in [5, 5.41) is 10.1. The lowest BCUT2D eigenvalue weighted by Gasteiger charge is -2.07. The van der Waals surface area contributed by atoms with Crippen LogP contribution in [0.5, 0.6) is 5.75 Å². The van der Waals surface area contributed by atoms with Crippen molar-refractivity contribution in [3.8, 4) is 5.75 Å². The van der Waals surface area contributed by atoms with E-state index >= 15 is 0 Å². The second-order valence-electron chi connectivity index (χ2n) is 5.26. The van der Waals surface area contributed by atoms with Crippen LogP contribution in [0.3, 0.4) is 0 Å². The molecule has 4 heteroatoms. The maximum absolute atomic E-state index is 12.7. The molecule has 0 aliphatic heterocycles. The van der Waals surface area contributed by atoms with Crippen LogP contribution in [0.1, 0.15) is 32.7 Å². The zero-order valence-corrected chi connectivity index (χ0v) is 12.2. The summed E-state index contributed by atoms with van der Waals surface area (Å²) in [7, 11) is 0. The number of aromatic nitrogens is 2. The Morgan fingerprint density at radius 3 is 2.67 bits per heavy atom. The van der Waals surface area contributed by atoms with Crippen LogP contribution >= 0.6 is 0 Å². The molecule has 0 saturated heterocycles. The lowest BCUT2D eigenvalue weighted by Crippen LogP contribution is -2.06. The summed E-state index contributed by atoms with van der Waals surface area (Å²) in [5.41, 5.74) is 4.38. The van der Waals surface area contributed by atoms with Crippen molar-refractivity contribution in [2.75, 3.05) is 0 Å². The molecular weight excluding hydrogens is 264 g/mol. The van der Waals surface area contributed by atoms with Crippen LogP contribution in [0.2, 0.25) is 0 Å². The molecule has 21 heavy (non-hydrogen) atoms. The van der Waals surface area contributed by atoms with Crippen LogP contribution in [-0.2, 0) is 0 Å². The molecule has 3 rings (SSSR count). The summed E-state index contributed by atoms with van der Waals surface area (Å²) in [6.45, 7) is 5.77. The van der Waals surface area contributed by atoms with Crippen molar-refractivity contribution in [1.29, 1.82) is 0 Å². The van der Waals surface area contributed by atoms with Crippen LogP contribution in [0.25, 0.3) is 5.65 Å². The topological polar surface area (TPSA) is 54.6 Å². The minimum absolute atomic E-state index is 0.0290. The first kappa shape index (κ1) is 13.4. The first-order chi connectivity index (χ1) is 10.0. The Bertz CT molecular complexity index is 863. The summed E-state index contributed by atoms with van der Waals surface area (Å²) >= 11 is 0. The molecule has 0 radical (unpaired) electrons. The highest BCUT2D eigenvalue weighted by Crippen LogP contribution is 2.25. The van der Waals surface area contributed by atoms with Gasteiger partial charge < -0.3 is 5.11 Å². The molecule has 4 nitrogen and oxygen atoms in total. The number of hydrogen-bond donors (Lipinski definition) is 1.